The van der Waals surface area contributed by atoms with Crippen molar-refractivity contribution < 1.29 is 17.9 Å². The molecule has 0 saturated carbocycles. The van der Waals surface area contributed by atoms with Gasteiger partial charge in [0, 0.05) is 6.54 Å². The minimum Gasteiger partial charge on any atom is -0.370 e. The fourth-order valence-electron chi connectivity index (χ4n) is 1.02. The van der Waals surface area contributed by atoms with Gasteiger partial charge in [0.1, 0.15) is 21.8 Å². The predicted octanol–water partition coefficient (Wildman–Crippen LogP) is -0.600. The molecule has 0 aliphatic carbocycles. The Kier molecular flexibility index (Phi) is 5.24. The number of nitriles is 1. The van der Waals surface area contributed by atoms with Crippen molar-refractivity contribution in [1.82, 2.24) is 4.72 Å². The second-order valence-electron chi connectivity index (χ2n) is 3.15. The first-order valence-corrected chi connectivity index (χ1v) is 7.11. The topological polar surface area (TPSA) is 122 Å². The number of ether oxygens (including phenoxy) is 1. The Labute approximate surface area is 108 Å². The van der Waals surface area contributed by atoms with Gasteiger partial charge in [-0.2, -0.15) is 5.26 Å². The first kappa shape index (κ1) is 14.6. The molecule has 1 heterocycles. The molecule has 1 rings (SSSR count). The second kappa shape index (κ2) is 6.46. The van der Waals surface area contributed by atoms with E-state index in [0.717, 1.165) is 11.3 Å². The van der Waals surface area contributed by atoms with Crippen molar-refractivity contribution >= 4 is 27.3 Å². The minimum atomic E-state index is -3.63. The number of nitrogens with two attached hydrogens (primary N) is 1. The van der Waals surface area contributed by atoms with Crippen LogP contribution in [0.4, 0.5) is 0 Å². The van der Waals surface area contributed by atoms with Crippen molar-refractivity contribution in [1.29, 1.82) is 5.26 Å². The maximum atomic E-state index is 11.7. The summed E-state index contributed by atoms with van der Waals surface area (Å²) in [4.78, 5) is 10.7. The molecule has 0 aliphatic rings. The zero-order valence-electron chi connectivity index (χ0n) is 9.25. The summed E-state index contributed by atoms with van der Waals surface area (Å²) in [7, 11) is -3.63. The Morgan fingerprint density at radius 2 is 2.28 bits per heavy atom. The van der Waals surface area contributed by atoms with Gasteiger partial charge in [0.05, 0.1) is 6.61 Å². The van der Waals surface area contributed by atoms with E-state index in [4.69, 9.17) is 15.7 Å². The smallest absolute Gasteiger partial charge is 0.250 e. The van der Waals surface area contributed by atoms with Crippen LogP contribution < -0.4 is 10.5 Å². The van der Waals surface area contributed by atoms with Crippen LogP contribution in [-0.4, -0.2) is 34.1 Å². The number of rotatable bonds is 7. The van der Waals surface area contributed by atoms with E-state index < -0.39 is 15.9 Å². The number of carbonyl (C=O) groups is 1. The van der Waals surface area contributed by atoms with E-state index in [0.29, 0.717) is 4.88 Å². The lowest BCUT2D eigenvalue weighted by Crippen LogP contribution is -2.28. The van der Waals surface area contributed by atoms with Crippen LogP contribution in [0.5, 0.6) is 0 Å². The molecule has 3 N–H and O–H groups in total. The second-order valence-corrected chi connectivity index (χ2v) is 6.22. The van der Waals surface area contributed by atoms with E-state index in [1.54, 1.807) is 0 Å². The van der Waals surface area contributed by atoms with Gasteiger partial charge in [-0.05, 0) is 12.1 Å². The molecular weight excluding hydrogens is 278 g/mol. The van der Waals surface area contributed by atoms with Crippen molar-refractivity contribution in [3.8, 4) is 6.07 Å². The first-order valence-electron chi connectivity index (χ1n) is 4.81. The predicted molar refractivity (Wildman–Crippen MR) is 64.2 cm³/mol. The van der Waals surface area contributed by atoms with E-state index in [1.807, 2.05) is 6.07 Å². The Bertz CT molecular complexity index is 559. The van der Waals surface area contributed by atoms with Crippen molar-refractivity contribution in [3.63, 3.8) is 0 Å². The van der Waals surface area contributed by atoms with E-state index >= 15 is 0 Å². The van der Waals surface area contributed by atoms with Crippen LogP contribution in [0.2, 0.25) is 0 Å². The van der Waals surface area contributed by atoms with Gasteiger partial charge in [-0.15, -0.1) is 11.3 Å². The number of amides is 1. The Hall–Kier alpha value is -1.47. The molecule has 9 heteroatoms. The van der Waals surface area contributed by atoms with Crippen LogP contribution >= 0.6 is 11.3 Å². The summed E-state index contributed by atoms with van der Waals surface area (Å²) in [5.41, 5.74) is 4.84. The van der Waals surface area contributed by atoms with E-state index in [-0.39, 0.29) is 24.0 Å². The molecule has 0 bridgehead atoms. The maximum absolute atomic E-state index is 11.7. The van der Waals surface area contributed by atoms with Gasteiger partial charge < -0.3 is 10.5 Å². The molecule has 7 nitrogen and oxygen atoms in total. The zero-order valence-corrected chi connectivity index (χ0v) is 10.9. The minimum absolute atomic E-state index is 0.0232. The summed E-state index contributed by atoms with van der Waals surface area (Å²) in [6.45, 7) is -0.187. The highest BCUT2D eigenvalue weighted by atomic mass is 32.2. The molecule has 98 valence electrons. The van der Waals surface area contributed by atoms with Crippen molar-refractivity contribution in [3.05, 3.63) is 17.0 Å². The number of hydrogen-bond donors (Lipinski definition) is 2. The summed E-state index contributed by atoms with van der Waals surface area (Å²) in [5, 5.41) is 8.60. The molecule has 0 saturated heterocycles. The molecular formula is C9H11N3O4S2. The van der Waals surface area contributed by atoms with Crippen LogP contribution in [0.15, 0.2) is 16.3 Å². The van der Waals surface area contributed by atoms with Crippen molar-refractivity contribution in [2.45, 2.75) is 4.21 Å². The highest BCUT2D eigenvalue weighted by molar-refractivity contribution is 7.91. The van der Waals surface area contributed by atoms with Crippen LogP contribution in [0.25, 0.3) is 0 Å². The quantitative estimate of drug-likeness (QED) is 0.649. The monoisotopic (exact) mass is 289 g/mol. The summed E-state index contributed by atoms with van der Waals surface area (Å²) in [6, 6.07) is 4.65. The molecule has 0 fully saturated rings. The van der Waals surface area contributed by atoms with Gasteiger partial charge in [-0.1, -0.05) is 0 Å². The maximum Gasteiger partial charge on any atom is 0.250 e. The molecule has 1 amide bonds. The van der Waals surface area contributed by atoms with Crippen molar-refractivity contribution in [2.75, 3.05) is 19.8 Å². The lowest BCUT2D eigenvalue weighted by atomic mass is 10.5. The SMILES string of the molecule is N#Cc1ccc(S(=O)(=O)NCCOCC(N)=O)s1. The summed E-state index contributed by atoms with van der Waals surface area (Å²) < 4.78 is 30.6. The highest BCUT2D eigenvalue weighted by Crippen LogP contribution is 2.20. The molecule has 1 aromatic heterocycles. The third kappa shape index (κ3) is 4.42. The van der Waals surface area contributed by atoms with Crippen LogP contribution in [0, 0.1) is 11.3 Å². The standard InChI is InChI=1S/C9H11N3O4S2/c10-5-7-1-2-9(17-7)18(14,15)12-3-4-16-6-8(11)13/h1-2,12H,3-4,6H2,(H2,11,13). The largest absolute Gasteiger partial charge is 0.370 e. The highest BCUT2D eigenvalue weighted by Gasteiger charge is 2.16. The molecule has 0 unspecified atom stereocenters. The summed E-state index contributed by atoms with van der Waals surface area (Å²) in [5.74, 6) is -0.616. The third-order valence-electron chi connectivity index (χ3n) is 1.74. The molecule has 0 aromatic carbocycles. The van der Waals surface area contributed by atoms with Crippen LogP contribution in [-0.2, 0) is 19.6 Å². The third-order valence-corrected chi connectivity index (χ3v) is 4.68. The average molecular weight is 289 g/mol. The molecule has 1 aromatic rings. The molecule has 0 aliphatic heterocycles. The lowest BCUT2D eigenvalue weighted by Gasteiger charge is -2.04. The zero-order chi connectivity index (χ0) is 13.6. The Morgan fingerprint density at radius 1 is 1.56 bits per heavy atom. The number of thiophene rings is 1. The molecule has 18 heavy (non-hydrogen) atoms. The summed E-state index contributed by atoms with van der Waals surface area (Å²) >= 11 is 0.882. The van der Waals surface area contributed by atoms with Crippen molar-refractivity contribution in [2.24, 2.45) is 5.73 Å². The number of primary amides is 1. The van der Waals surface area contributed by atoms with Gasteiger partial charge in [-0.25, -0.2) is 13.1 Å². The number of nitrogens with zero attached hydrogens (tertiary/aromatic N) is 1. The number of nitrogens with one attached hydrogen (secondary N) is 1. The molecule has 0 spiro atoms. The van der Waals surface area contributed by atoms with Crippen LogP contribution in [0.3, 0.4) is 0 Å². The van der Waals surface area contributed by atoms with Gasteiger partial charge in [0.25, 0.3) is 0 Å². The molecule has 0 radical (unpaired) electrons. The number of hydrogen-bond acceptors (Lipinski definition) is 6. The van der Waals surface area contributed by atoms with E-state index in [2.05, 4.69) is 4.72 Å². The van der Waals surface area contributed by atoms with Gasteiger partial charge in [0.2, 0.25) is 15.9 Å². The van der Waals surface area contributed by atoms with Crippen LogP contribution in [0.1, 0.15) is 4.88 Å². The Balaban J connectivity index is 2.46. The van der Waals surface area contributed by atoms with Gasteiger partial charge in [-0.3, -0.25) is 4.79 Å². The lowest BCUT2D eigenvalue weighted by molar-refractivity contribution is -0.122. The first-order chi connectivity index (χ1) is 8.45. The van der Waals surface area contributed by atoms with Gasteiger partial charge >= 0.3 is 0 Å². The van der Waals surface area contributed by atoms with Gasteiger partial charge in [0.15, 0.2) is 0 Å². The fraction of sp³-hybridized carbons (Fsp3) is 0.333. The normalized spacial score (nSPS) is 11.1. The summed E-state index contributed by atoms with van der Waals surface area (Å²) in [6.07, 6.45) is 0. The number of sulfonamides is 1. The van der Waals surface area contributed by atoms with E-state index in [9.17, 15) is 13.2 Å². The average Bonchev–Trinajstić information content (AvgIpc) is 2.77. The van der Waals surface area contributed by atoms with E-state index in [1.165, 1.54) is 12.1 Å². The number of carbonyl (C=O) groups excluding carboxylic acids is 1. The Morgan fingerprint density at radius 3 is 2.83 bits per heavy atom. The molecule has 0 atom stereocenters. The fourth-order valence-corrected chi connectivity index (χ4v) is 3.18.